The largest absolute Gasteiger partial charge is 0.331 e. The van der Waals surface area contributed by atoms with E-state index in [9.17, 15) is 0 Å². The van der Waals surface area contributed by atoms with Gasteiger partial charge in [0.1, 0.15) is 0 Å². The summed E-state index contributed by atoms with van der Waals surface area (Å²) >= 11 is 4.32. The summed E-state index contributed by atoms with van der Waals surface area (Å²) in [5, 5.41) is 0. The van der Waals surface area contributed by atoms with Crippen LogP contribution in [0.15, 0.2) is 24.3 Å². The van der Waals surface area contributed by atoms with E-state index < -0.39 is 5.97 Å². The predicted molar refractivity (Wildman–Crippen MR) is 113 cm³/mol. The average molecular weight is 383 g/mol. The molecule has 0 saturated carbocycles. The lowest BCUT2D eigenvalue weighted by Gasteiger charge is -2.36. The first-order valence-electron chi connectivity index (χ1n) is 9.99. The van der Waals surface area contributed by atoms with Gasteiger partial charge in [0.05, 0.1) is 0 Å². The van der Waals surface area contributed by atoms with Crippen LogP contribution in [0.3, 0.4) is 0 Å². The Hall–Kier alpha value is -0.550. The Morgan fingerprint density at radius 1 is 0.808 bits per heavy atom. The summed E-state index contributed by atoms with van der Waals surface area (Å²) in [5.41, 5.74) is 2.58. The molecule has 0 heterocycles. The Morgan fingerprint density at radius 3 is 1.88 bits per heavy atom. The Kier molecular flexibility index (Phi) is 12.3. The molecule has 0 aliphatic carbocycles. The highest BCUT2D eigenvalue weighted by Crippen LogP contribution is 2.32. The van der Waals surface area contributed by atoms with Gasteiger partial charge in [-0.05, 0) is 30.4 Å². The third kappa shape index (κ3) is 7.59. The monoisotopic (exact) mass is 382 g/mol. The molecule has 0 amide bonds. The molecule has 0 aliphatic rings. The minimum Gasteiger partial charge on any atom is -0.331 e. The van der Waals surface area contributed by atoms with Gasteiger partial charge in [-0.2, -0.15) is 12.6 Å². The second kappa shape index (κ2) is 13.6. The van der Waals surface area contributed by atoms with Gasteiger partial charge in [0.2, 0.25) is 0 Å². The van der Waals surface area contributed by atoms with Crippen LogP contribution >= 0.6 is 12.6 Å². The van der Waals surface area contributed by atoms with E-state index in [2.05, 4.69) is 43.8 Å². The summed E-state index contributed by atoms with van der Waals surface area (Å²) in [7, 11) is 5.01. The molecule has 1 aromatic rings. The third-order valence-corrected chi connectivity index (χ3v) is 5.61. The van der Waals surface area contributed by atoms with Crippen molar-refractivity contribution in [3.05, 3.63) is 35.4 Å². The minimum absolute atomic E-state index is 0.207. The molecule has 1 unspecified atom stereocenters. The maximum absolute atomic E-state index is 5.66. The highest BCUT2D eigenvalue weighted by molar-refractivity contribution is 7.79. The van der Waals surface area contributed by atoms with Gasteiger partial charge in [-0.1, -0.05) is 69.7 Å². The van der Waals surface area contributed by atoms with E-state index in [4.69, 9.17) is 14.2 Å². The molecule has 0 aromatic heterocycles. The van der Waals surface area contributed by atoms with E-state index in [0.29, 0.717) is 0 Å². The van der Waals surface area contributed by atoms with Gasteiger partial charge >= 0.3 is 0 Å². The predicted octanol–water partition coefficient (Wildman–Crippen LogP) is 6.01. The van der Waals surface area contributed by atoms with Crippen molar-refractivity contribution < 1.29 is 14.2 Å². The molecule has 1 rings (SSSR count). The lowest BCUT2D eigenvalue weighted by Crippen LogP contribution is -2.44. The van der Waals surface area contributed by atoms with E-state index in [1.165, 1.54) is 49.7 Å². The maximum Gasteiger partial charge on any atom is 0.285 e. The van der Waals surface area contributed by atoms with E-state index in [0.717, 1.165) is 25.0 Å². The molecular weight excluding hydrogens is 344 g/mol. The molecule has 0 aliphatic heterocycles. The summed E-state index contributed by atoms with van der Waals surface area (Å²) < 4.78 is 17.0. The van der Waals surface area contributed by atoms with Gasteiger partial charge in [0.25, 0.3) is 5.97 Å². The van der Waals surface area contributed by atoms with Crippen LogP contribution in [-0.4, -0.2) is 27.3 Å². The third-order valence-electron chi connectivity index (χ3n) is 5.25. The van der Waals surface area contributed by atoms with Gasteiger partial charge in [-0.15, -0.1) is 0 Å². The number of hydrogen-bond acceptors (Lipinski definition) is 4. The topological polar surface area (TPSA) is 27.7 Å². The Balaban J connectivity index is 2.63. The molecule has 0 fully saturated rings. The van der Waals surface area contributed by atoms with E-state index in [1.807, 2.05) is 0 Å². The molecule has 0 spiro atoms. The zero-order chi connectivity index (χ0) is 19.3. The Bertz CT molecular complexity index is 449. The fourth-order valence-corrected chi connectivity index (χ4v) is 3.78. The molecule has 0 N–H and O–H groups in total. The van der Waals surface area contributed by atoms with Crippen molar-refractivity contribution in [3.63, 3.8) is 0 Å². The van der Waals surface area contributed by atoms with Crippen LogP contribution in [0.1, 0.15) is 69.4 Å². The second-order valence-electron chi connectivity index (χ2n) is 6.98. The van der Waals surface area contributed by atoms with E-state index >= 15 is 0 Å². The number of methoxy groups -OCH3 is 3. The number of ether oxygens (including phenoxy) is 3. The first-order chi connectivity index (χ1) is 12.7. The summed E-state index contributed by atoms with van der Waals surface area (Å²) in [6, 6.07) is 8.70. The normalized spacial score (nSPS) is 13.1. The molecule has 0 radical (unpaired) electrons. The summed E-state index contributed by atoms with van der Waals surface area (Å²) in [5.74, 6) is 0.0356. The van der Waals surface area contributed by atoms with Gasteiger partial charge < -0.3 is 14.2 Å². The fourth-order valence-electron chi connectivity index (χ4n) is 3.57. The van der Waals surface area contributed by atoms with Crippen molar-refractivity contribution in [3.8, 4) is 0 Å². The number of hydrogen-bond donors (Lipinski definition) is 1. The van der Waals surface area contributed by atoms with Gasteiger partial charge in [-0.25, -0.2) is 0 Å². The van der Waals surface area contributed by atoms with Crippen LogP contribution in [-0.2, 0) is 26.4 Å². The average Bonchev–Trinajstić information content (AvgIpc) is 2.70. The van der Waals surface area contributed by atoms with Crippen molar-refractivity contribution in [2.75, 3.05) is 21.3 Å². The Morgan fingerprint density at radius 2 is 1.35 bits per heavy atom. The quantitative estimate of drug-likeness (QED) is 0.229. The van der Waals surface area contributed by atoms with Crippen molar-refractivity contribution in [1.82, 2.24) is 0 Å². The number of rotatable bonds is 15. The maximum atomic E-state index is 5.66. The van der Waals surface area contributed by atoms with E-state index in [1.54, 1.807) is 21.3 Å². The second-order valence-corrected chi connectivity index (χ2v) is 7.30. The van der Waals surface area contributed by atoms with Crippen LogP contribution in [0, 0.1) is 5.92 Å². The number of thiol groups is 1. The SMILES string of the molecule is CCCCCCCCC(CCc1ccc(CS)cc1)C(OC)(OC)OC. The van der Waals surface area contributed by atoms with Crippen LogP contribution in [0.4, 0.5) is 0 Å². The van der Waals surface area contributed by atoms with Crippen LogP contribution < -0.4 is 0 Å². The molecule has 26 heavy (non-hydrogen) atoms. The number of unbranched alkanes of at least 4 members (excludes halogenated alkanes) is 5. The first kappa shape index (κ1) is 23.5. The Labute approximate surface area is 166 Å². The summed E-state index contributed by atoms with van der Waals surface area (Å²) in [6.07, 6.45) is 10.7. The molecule has 4 heteroatoms. The molecule has 1 atom stereocenters. The highest BCUT2D eigenvalue weighted by atomic mass is 32.1. The lowest BCUT2D eigenvalue weighted by atomic mass is 9.91. The van der Waals surface area contributed by atoms with Crippen molar-refractivity contribution in [2.24, 2.45) is 5.92 Å². The number of benzene rings is 1. The summed E-state index contributed by atoms with van der Waals surface area (Å²) in [6.45, 7) is 2.25. The van der Waals surface area contributed by atoms with Crippen molar-refractivity contribution in [1.29, 1.82) is 0 Å². The summed E-state index contributed by atoms with van der Waals surface area (Å²) in [4.78, 5) is 0. The first-order valence-corrected chi connectivity index (χ1v) is 10.6. The standard InChI is InChI=1S/C22H38O3S/c1-5-6-7-8-9-10-11-21(22(23-2,24-3)25-4)17-16-19-12-14-20(18-26)15-13-19/h12-15,21,26H,5-11,16-18H2,1-4H3. The van der Waals surface area contributed by atoms with E-state index in [-0.39, 0.29) is 5.92 Å². The molecule has 3 nitrogen and oxygen atoms in total. The zero-order valence-electron chi connectivity index (χ0n) is 17.1. The molecule has 0 saturated heterocycles. The molecular formula is C22H38O3S. The zero-order valence-corrected chi connectivity index (χ0v) is 18.0. The van der Waals surface area contributed by atoms with Gasteiger partial charge in [0, 0.05) is 33.0 Å². The van der Waals surface area contributed by atoms with Gasteiger partial charge in [-0.3, -0.25) is 0 Å². The van der Waals surface area contributed by atoms with Gasteiger partial charge in [0.15, 0.2) is 0 Å². The minimum atomic E-state index is -0.950. The number of aryl methyl sites for hydroxylation is 1. The molecule has 0 bridgehead atoms. The lowest BCUT2D eigenvalue weighted by molar-refractivity contribution is -0.380. The highest BCUT2D eigenvalue weighted by Gasteiger charge is 2.39. The fraction of sp³-hybridized carbons (Fsp3) is 0.727. The molecule has 1 aromatic carbocycles. The van der Waals surface area contributed by atoms with Crippen LogP contribution in [0.2, 0.25) is 0 Å². The molecule has 150 valence electrons. The van der Waals surface area contributed by atoms with Crippen molar-refractivity contribution in [2.45, 2.75) is 76.4 Å². The van der Waals surface area contributed by atoms with Crippen LogP contribution in [0.5, 0.6) is 0 Å². The smallest absolute Gasteiger partial charge is 0.285 e. The van der Waals surface area contributed by atoms with Crippen LogP contribution in [0.25, 0.3) is 0 Å². The van der Waals surface area contributed by atoms with Crippen molar-refractivity contribution >= 4 is 12.6 Å².